The highest BCUT2D eigenvalue weighted by atomic mass is 32.2. The largest absolute Gasteiger partial charge is 0.534 e. The van der Waals surface area contributed by atoms with Gasteiger partial charge in [0.1, 0.15) is 13.4 Å². The number of fused-ring (bicyclic) bond motifs is 1. The van der Waals surface area contributed by atoms with Crippen molar-refractivity contribution in [1.29, 1.82) is 0 Å². The molecule has 0 aromatic carbocycles. The summed E-state index contributed by atoms with van der Waals surface area (Å²) in [5, 5.41) is 3.79. The smallest absolute Gasteiger partial charge is 0.374 e. The Hall–Kier alpha value is -1.71. The van der Waals surface area contributed by atoms with Gasteiger partial charge in [0, 0.05) is 6.20 Å². The Kier molecular flexibility index (Phi) is 2.76. The van der Waals surface area contributed by atoms with Crippen LogP contribution in [0.15, 0.2) is 24.5 Å². The first-order chi connectivity index (χ1) is 8.21. The Labute approximate surface area is 101 Å². The van der Waals surface area contributed by atoms with Gasteiger partial charge in [0.05, 0.1) is 6.20 Å². The van der Waals surface area contributed by atoms with Gasteiger partial charge in [0.2, 0.25) is 0 Å². The first kappa shape index (κ1) is 12.7. The van der Waals surface area contributed by atoms with Crippen molar-refractivity contribution in [3.05, 3.63) is 24.5 Å². The van der Waals surface area contributed by atoms with Crippen LogP contribution in [-0.2, 0) is 10.1 Å². The molecule has 10 heteroatoms. The Bertz CT molecular complexity index is 695. The molecule has 0 radical (unpaired) electrons. The molecule has 0 aliphatic heterocycles. The molecule has 0 saturated heterocycles. The summed E-state index contributed by atoms with van der Waals surface area (Å²) in [5.41, 5.74) is -4.82. The maximum Gasteiger partial charge on any atom is 0.534 e. The van der Waals surface area contributed by atoms with E-state index < -0.39 is 21.4 Å². The van der Waals surface area contributed by atoms with Gasteiger partial charge in [-0.15, -0.1) is 0 Å². The lowest BCUT2D eigenvalue weighted by atomic mass is 9.98. The van der Waals surface area contributed by atoms with Crippen molar-refractivity contribution in [2.75, 3.05) is 0 Å². The average Bonchev–Trinajstić information content (AvgIpc) is 2.62. The number of halogens is 3. The minimum Gasteiger partial charge on any atom is -0.374 e. The third-order valence-corrected chi connectivity index (χ3v) is 3.06. The molecule has 0 aliphatic rings. The summed E-state index contributed by atoms with van der Waals surface area (Å²) in [5.74, 6) is -0.412. The predicted octanol–water partition coefficient (Wildman–Crippen LogP) is -0.179. The summed E-state index contributed by atoms with van der Waals surface area (Å²) >= 11 is 0. The van der Waals surface area contributed by atoms with E-state index >= 15 is 0 Å². The number of aromatic nitrogens is 2. The van der Waals surface area contributed by atoms with Gasteiger partial charge in [0.15, 0.2) is 5.75 Å². The molecule has 96 valence electrons. The molecular weight excluding hydrogens is 272 g/mol. The monoisotopic (exact) mass is 278 g/mol. The molecule has 0 saturated carbocycles. The van der Waals surface area contributed by atoms with Crippen LogP contribution in [0.4, 0.5) is 13.2 Å². The van der Waals surface area contributed by atoms with Gasteiger partial charge in [-0.2, -0.15) is 26.7 Å². The molecular formula is C8H6BF3N2O3S. The van der Waals surface area contributed by atoms with E-state index in [4.69, 9.17) is 0 Å². The van der Waals surface area contributed by atoms with E-state index in [2.05, 4.69) is 9.28 Å². The van der Waals surface area contributed by atoms with Gasteiger partial charge in [-0.25, -0.2) is 4.52 Å². The second-order valence-electron chi connectivity index (χ2n) is 3.53. The molecule has 2 aromatic heterocycles. The first-order valence-corrected chi connectivity index (χ1v) is 6.06. The molecule has 0 unspecified atom stereocenters. The van der Waals surface area contributed by atoms with Crippen molar-refractivity contribution < 1.29 is 25.8 Å². The highest BCUT2D eigenvalue weighted by Crippen LogP contribution is 2.28. The van der Waals surface area contributed by atoms with Gasteiger partial charge >= 0.3 is 15.6 Å². The van der Waals surface area contributed by atoms with Crippen LogP contribution in [0.5, 0.6) is 5.75 Å². The van der Waals surface area contributed by atoms with Crippen LogP contribution in [0, 0.1) is 0 Å². The minimum atomic E-state index is -5.68. The standard InChI is InChI=1S/C8H6BF3N2O3S/c9-5-3-7(6-1-2-13-14(6)4-5)17-18(15,16)8(10,11)12/h1-4H,9H2. The third-order valence-electron chi connectivity index (χ3n) is 2.09. The van der Waals surface area contributed by atoms with Crippen LogP contribution in [-0.4, -0.2) is 31.4 Å². The molecule has 18 heavy (non-hydrogen) atoms. The maximum atomic E-state index is 12.2. The van der Waals surface area contributed by atoms with E-state index in [-0.39, 0.29) is 5.52 Å². The highest BCUT2D eigenvalue weighted by Gasteiger charge is 2.48. The Morgan fingerprint density at radius 2 is 2.06 bits per heavy atom. The Balaban J connectivity index is 2.53. The molecule has 2 aromatic rings. The fraction of sp³-hybridized carbons (Fsp3) is 0.125. The summed E-state index contributed by atoms with van der Waals surface area (Å²) < 4.78 is 63.8. The van der Waals surface area contributed by atoms with E-state index in [0.717, 1.165) is 0 Å². The number of pyridine rings is 1. The van der Waals surface area contributed by atoms with E-state index in [1.54, 1.807) is 7.85 Å². The van der Waals surface area contributed by atoms with E-state index in [9.17, 15) is 21.6 Å². The molecule has 0 amide bonds. The van der Waals surface area contributed by atoms with Crippen molar-refractivity contribution in [2.24, 2.45) is 0 Å². The number of rotatable bonds is 2. The third kappa shape index (κ3) is 2.15. The first-order valence-electron chi connectivity index (χ1n) is 4.65. The Morgan fingerprint density at radius 3 is 2.67 bits per heavy atom. The molecule has 0 bridgehead atoms. The van der Waals surface area contributed by atoms with Crippen molar-refractivity contribution >= 4 is 28.9 Å². The van der Waals surface area contributed by atoms with Crippen LogP contribution < -0.4 is 9.65 Å². The fourth-order valence-electron chi connectivity index (χ4n) is 1.36. The van der Waals surface area contributed by atoms with E-state index in [1.807, 2.05) is 0 Å². The van der Waals surface area contributed by atoms with Gasteiger partial charge in [-0.05, 0) is 12.1 Å². The summed E-state index contributed by atoms with van der Waals surface area (Å²) in [4.78, 5) is 0. The summed E-state index contributed by atoms with van der Waals surface area (Å²) in [6.07, 6.45) is 2.85. The zero-order valence-corrected chi connectivity index (χ0v) is 9.79. The van der Waals surface area contributed by atoms with Crippen LogP contribution in [0.3, 0.4) is 0 Å². The van der Waals surface area contributed by atoms with Crippen molar-refractivity contribution in [1.82, 2.24) is 9.61 Å². The number of hydrogen-bond acceptors (Lipinski definition) is 4. The SMILES string of the molecule is Bc1cc(OS(=O)(=O)C(F)(F)F)c2ccnn2c1. The number of hydrogen-bond donors (Lipinski definition) is 0. The predicted molar refractivity (Wildman–Crippen MR) is 59.0 cm³/mol. The fourth-order valence-corrected chi connectivity index (χ4v) is 1.82. The molecule has 2 rings (SSSR count). The van der Waals surface area contributed by atoms with Gasteiger partial charge < -0.3 is 4.18 Å². The minimum absolute atomic E-state index is 0.133. The highest BCUT2D eigenvalue weighted by molar-refractivity contribution is 7.88. The van der Waals surface area contributed by atoms with Gasteiger partial charge in [0.25, 0.3) is 0 Å². The maximum absolute atomic E-state index is 12.2. The van der Waals surface area contributed by atoms with Crippen molar-refractivity contribution in [3.8, 4) is 5.75 Å². The molecule has 5 nitrogen and oxygen atoms in total. The van der Waals surface area contributed by atoms with E-state index in [0.29, 0.717) is 5.46 Å². The van der Waals surface area contributed by atoms with Crippen molar-refractivity contribution in [2.45, 2.75) is 5.51 Å². The van der Waals surface area contributed by atoms with Crippen LogP contribution in [0.25, 0.3) is 5.52 Å². The van der Waals surface area contributed by atoms with E-state index in [1.165, 1.54) is 29.0 Å². The second-order valence-corrected chi connectivity index (χ2v) is 5.06. The molecule has 0 atom stereocenters. The van der Waals surface area contributed by atoms with Gasteiger partial charge in [-0.3, -0.25) is 0 Å². The normalized spacial score (nSPS) is 12.8. The van der Waals surface area contributed by atoms with Crippen LogP contribution in [0.2, 0.25) is 0 Å². The Morgan fingerprint density at radius 1 is 1.39 bits per heavy atom. The lowest BCUT2D eigenvalue weighted by Gasteiger charge is -2.11. The molecule has 0 spiro atoms. The van der Waals surface area contributed by atoms with Crippen LogP contribution >= 0.6 is 0 Å². The lowest BCUT2D eigenvalue weighted by molar-refractivity contribution is -0.0499. The number of alkyl halides is 3. The molecule has 0 N–H and O–H groups in total. The van der Waals surface area contributed by atoms with Crippen LogP contribution in [0.1, 0.15) is 0 Å². The van der Waals surface area contributed by atoms with Crippen molar-refractivity contribution in [3.63, 3.8) is 0 Å². The summed E-state index contributed by atoms with van der Waals surface area (Å²) in [6.45, 7) is 0. The van der Waals surface area contributed by atoms with Gasteiger partial charge in [-0.1, -0.05) is 5.46 Å². The topological polar surface area (TPSA) is 60.7 Å². The average molecular weight is 278 g/mol. The summed E-state index contributed by atoms with van der Waals surface area (Å²) in [7, 11) is -4.10. The zero-order valence-electron chi connectivity index (χ0n) is 8.97. The second kappa shape index (κ2) is 3.90. The lowest BCUT2D eigenvalue weighted by Crippen LogP contribution is -2.28. The molecule has 0 aliphatic carbocycles. The zero-order chi connectivity index (χ0) is 13.6. The quantitative estimate of drug-likeness (QED) is 0.434. The molecule has 0 fully saturated rings. The number of nitrogens with zero attached hydrogens (tertiary/aromatic N) is 2. The molecule has 2 heterocycles. The summed E-state index contributed by atoms with van der Waals surface area (Å²) in [6, 6.07) is 2.54.